The summed E-state index contributed by atoms with van der Waals surface area (Å²) in [6, 6.07) is 8.28. The van der Waals surface area contributed by atoms with Crippen LogP contribution in [0, 0.1) is 0 Å². The van der Waals surface area contributed by atoms with Gasteiger partial charge >= 0.3 is 6.03 Å². The SMILES string of the molecule is CCC(C)NC(=O)N1CCN(CCc2ccc(NC(C)=O)cc2)CC1. The molecule has 0 aromatic heterocycles. The summed E-state index contributed by atoms with van der Waals surface area (Å²) in [5.41, 5.74) is 2.09. The molecule has 0 bridgehead atoms. The van der Waals surface area contributed by atoms with E-state index in [0.717, 1.165) is 51.3 Å². The average Bonchev–Trinajstić information content (AvgIpc) is 2.61. The maximum absolute atomic E-state index is 12.1. The Bertz CT molecular complexity index is 565. The van der Waals surface area contributed by atoms with Crippen molar-refractivity contribution in [3.05, 3.63) is 29.8 Å². The second kappa shape index (κ2) is 9.42. The second-order valence-electron chi connectivity index (χ2n) is 6.72. The lowest BCUT2D eigenvalue weighted by molar-refractivity contribution is -0.114. The molecule has 1 unspecified atom stereocenters. The smallest absolute Gasteiger partial charge is 0.317 e. The zero-order chi connectivity index (χ0) is 18.2. The van der Waals surface area contributed by atoms with Crippen molar-refractivity contribution in [2.45, 2.75) is 39.7 Å². The molecule has 1 saturated heterocycles. The van der Waals surface area contributed by atoms with Crippen LogP contribution in [-0.4, -0.2) is 60.5 Å². The van der Waals surface area contributed by atoms with Gasteiger partial charge in [0.1, 0.15) is 0 Å². The highest BCUT2D eigenvalue weighted by Crippen LogP contribution is 2.11. The average molecular weight is 346 g/mol. The van der Waals surface area contributed by atoms with Crippen molar-refractivity contribution < 1.29 is 9.59 Å². The van der Waals surface area contributed by atoms with Gasteiger partial charge in [-0.05, 0) is 37.5 Å². The Hall–Kier alpha value is -2.08. The molecule has 6 heteroatoms. The summed E-state index contributed by atoms with van der Waals surface area (Å²) >= 11 is 0. The highest BCUT2D eigenvalue weighted by molar-refractivity contribution is 5.88. The topological polar surface area (TPSA) is 64.7 Å². The molecule has 2 rings (SSSR count). The summed E-state index contributed by atoms with van der Waals surface area (Å²) in [6.07, 6.45) is 1.92. The van der Waals surface area contributed by atoms with Crippen LogP contribution in [-0.2, 0) is 11.2 Å². The van der Waals surface area contributed by atoms with E-state index in [1.807, 2.05) is 24.0 Å². The van der Waals surface area contributed by atoms with Gasteiger partial charge in [-0.25, -0.2) is 4.79 Å². The van der Waals surface area contributed by atoms with E-state index in [4.69, 9.17) is 0 Å². The Balaban J connectivity index is 1.71. The number of piperazine rings is 1. The van der Waals surface area contributed by atoms with Crippen LogP contribution in [0.1, 0.15) is 32.8 Å². The first-order chi connectivity index (χ1) is 12.0. The van der Waals surface area contributed by atoms with Gasteiger partial charge in [0.05, 0.1) is 0 Å². The van der Waals surface area contributed by atoms with Crippen LogP contribution in [0.3, 0.4) is 0 Å². The summed E-state index contributed by atoms with van der Waals surface area (Å²) in [6.45, 7) is 10.00. The molecule has 0 spiro atoms. The van der Waals surface area contributed by atoms with Crippen molar-refractivity contribution >= 4 is 17.6 Å². The van der Waals surface area contributed by atoms with Gasteiger partial charge < -0.3 is 15.5 Å². The van der Waals surface area contributed by atoms with Gasteiger partial charge in [-0.2, -0.15) is 0 Å². The number of hydrogen-bond acceptors (Lipinski definition) is 3. The third-order valence-corrected chi connectivity index (χ3v) is 4.63. The summed E-state index contributed by atoms with van der Waals surface area (Å²) in [5.74, 6) is -0.0528. The molecule has 0 saturated carbocycles. The van der Waals surface area contributed by atoms with E-state index in [0.29, 0.717) is 0 Å². The first-order valence-corrected chi connectivity index (χ1v) is 9.12. The molecule has 1 aromatic rings. The molecule has 1 fully saturated rings. The van der Waals surface area contributed by atoms with Gasteiger partial charge in [0, 0.05) is 51.4 Å². The fraction of sp³-hybridized carbons (Fsp3) is 0.579. The Morgan fingerprint density at radius 1 is 1.12 bits per heavy atom. The first kappa shape index (κ1) is 19.2. The van der Waals surface area contributed by atoms with E-state index in [1.54, 1.807) is 0 Å². The Kier molecular flexibility index (Phi) is 7.25. The van der Waals surface area contributed by atoms with E-state index in [9.17, 15) is 9.59 Å². The number of carbonyl (C=O) groups excluding carboxylic acids is 2. The molecule has 1 heterocycles. The van der Waals surface area contributed by atoms with Crippen LogP contribution in [0.5, 0.6) is 0 Å². The molecule has 1 aromatic carbocycles. The van der Waals surface area contributed by atoms with Gasteiger partial charge in [0.2, 0.25) is 5.91 Å². The lowest BCUT2D eigenvalue weighted by Gasteiger charge is -2.35. The molecular formula is C19H30N4O2. The van der Waals surface area contributed by atoms with Crippen LogP contribution in [0.15, 0.2) is 24.3 Å². The Labute approximate surface area is 150 Å². The predicted octanol–water partition coefficient (Wildman–Crippen LogP) is 2.31. The molecule has 3 amide bonds. The van der Waals surface area contributed by atoms with E-state index in [1.165, 1.54) is 12.5 Å². The van der Waals surface area contributed by atoms with Crippen LogP contribution < -0.4 is 10.6 Å². The number of urea groups is 1. The molecule has 1 atom stereocenters. The van der Waals surface area contributed by atoms with Gasteiger partial charge in [-0.15, -0.1) is 0 Å². The van der Waals surface area contributed by atoms with Crippen molar-refractivity contribution in [3.63, 3.8) is 0 Å². The van der Waals surface area contributed by atoms with E-state index in [-0.39, 0.29) is 18.0 Å². The van der Waals surface area contributed by atoms with Crippen molar-refractivity contribution in [2.24, 2.45) is 0 Å². The number of nitrogens with zero attached hydrogens (tertiary/aromatic N) is 2. The van der Waals surface area contributed by atoms with E-state index in [2.05, 4.69) is 34.6 Å². The van der Waals surface area contributed by atoms with Gasteiger partial charge in [0.25, 0.3) is 0 Å². The molecule has 0 radical (unpaired) electrons. The molecular weight excluding hydrogens is 316 g/mol. The standard InChI is InChI=1S/C19H30N4O2/c1-4-15(2)20-19(25)23-13-11-22(12-14-23)10-9-17-5-7-18(8-6-17)21-16(3)24/h5-8,15H,4,9-14H2,1-3H3,(H,20,25)(H,21,24). The normalized spacial score (nSPS) is 16.4. The zero-order valence-corrected chi connectivity index (χ0v) is 15.5. The van der Waals surface area contributed by atoms with Crippen molar-refractivity contribution in [2.75, 3.05) is 38.0 Å². The zero-order valence-electron chi connectivity index (χ0n) is 15.5. The van der Waals surface area contributed by atoms with Crippen molar-refractivity contribution in [1.82, 2.24) is 15.1 Å². The third kappa shape index (κ3) is 6.38. The highest BCUT2D eigenvalue weighted by Gasteiger charge is 2.21. The van der Waals surface area contributed by atoms with Crippen LogP contribution >= 0.6 is 0 Å². The predicted molar refractivity (Wildman–Crippen MR) is 101 cm³/mol. The van der Waals surface area contributed by atoms with E-state index >= 15 is 0 Å². The number of nitrogens with one attached hydrogen (secondary N) is 2. The number of anilines is 1. The maximum Gasteiger partial charge on any atom is 0.317 e. The fourth-order valence-electron chi connectivity index (χ4n) is 2.82. The molecule has 6 nitrogen and oxygen atoms in total. The lowest BCUT2D eigenvalue weighted by Crippen LogP contribution is -2.53. The monoisotopic (exact) mass is 346 g/mol. The molecule has 25 heavy (non-hydrogen) atoms. The van der Waals surface area contributed by atoms with E-state index < -0.39 is 0 Å². The quantitative estimate of drug-likeness (QED) is 0.831. The van der Waals surface area contributed by atoms with Crippen LogP contribution in [0.2, 0.25) is 0 Å². The summed E-state index contributed by atoms with van der Waals surface area (Å²) in [7, 11) is 0. The molecule has 0 aliphatic carbocycles. The lowest BCUT2D eigenvalue weighted by atomic mass is 10.1. The minimum absolute atomic E-state index is 0.0528. The minimum atomic E-state index is -0.0528. The first-order valence-electron chi connectivity index (χ1n) is 9.12. The van der Waals surface area contributed by atoms with Crippen LogP contribution in [0.25, 0.3) is 0 Å². The van der Waals surface area contributed by atoms with Gasteiger partial charge in [-0.1, -0.05) is 19.1 Å². The van der Waals surface area contributed by atoms with Crippen molar-refractivity contribution in [1.29, 1.82) is 0 Å². The number of rotatable bonds is 6. The van der Waals surface area contributed by atoms with Gasteiger partial charge in [-0.3, -0.25) is 9.69 Å². The fourth-order valence-corrected chi connectivity index (χ4v) is 2.82. The maximum atomic E-state index is 12.1. The molecule has 1 aliphatic heterocycles. The van der Waals surface area contributed by atoms with Crippen LogP contribution in [0.4, 0.5) is 10.5 Å². The number of hydrogen-bond donors (Lipinski definition) is 2. The highest BCUT2D eigenvalue weighted by atomic mass is 16.2. The second-order valence-corrected chi connectivity index (χ2v) is 6.72. The summed E-state index contributed by atoms with van der Waals surface area (Å²) in [5, 5.41) is 5.81. The minimum Gasteiger partial charge on any atom is -0.336 e. The third-order valence-electron chi connectivity index (χ3n) is 4.63. The summed E-state index contributed by atoms with van der Waals surface area (Å²) < 4.78 is 0. The molecule has 2 N–H and O–H groups in total. The van der Waals surface area contributed by atoms with Crippen molar-refractivity contribution in [3.8, 4) is 0 Å². The molecule has 138 valence electrons. The Morgan fingerprint density at radius 2 is 1.76 bits per heavy atom. The number of amides is 3. The Morgan fingerprint density at radius 3 is 2.32 bits per heavy atom. The number of carbonyl (C=O) groups is 2. The number of benzene rings is 1. The van der Waals surface area contributed by atoms with Gasteiger partial charge in [0.15, 0.2) is 0 Å². The summed E-state index contributed by atoms with van der Waals surface area (Å²) in [4.78, 5) is 27.5. The largest absolute Gasteiger partial charge is 0.336 e. The molecule has 1 aliphatic rings.